The highest BCUT2D eigenvalue weighted by Gasteiger charge is 2.25. The summed E-state index contributed by atoms with van der Waals surface area (Å²) in [6.07, 6.45) is 0. The van der Waals surface area contributed by atoms with Crippen LogP contribution in [-0.4, -0.2) is 36.6 Å². The Balaban J connectivity index is 0.000000861. The second-order valence-electron chi connectivity index (χ2n) is 5.10. The summed E-state index contributed by atoms with van der Waals surface area (Å²) in [5.74, 6) is -0.164. The number of hydrogen-bond donors (Lipinski definition) is 0. The average molecular weight is 266 g/mol. The topological polar surface area (TPSA) is 6.48 Å². The molecule has 0 aromatic heterocycles. The van der Waals surface area contributed by atoms with Gasteiger partial charge >= 0.3 is 0 Å². The quantitative estimate of drug-likeness (QED) is 0.804. The van der Waals surface area contributed by atoms with E-state index in [-0.39, 0.29) is 5.82 Å². The Hall–Kier alpha value is -1.09. The number of halogens is 1. The van der Waals surface area contributed by atoms with Gasteiger partial charge in [-0.3, -0.25) is 4.90 Å². The third-order valence-electron chi connectivity index (χ3n) is 3.53. The number of piperazine rings is 1. The van der Waals surface area contributed by atoms with Crippen LogP contribution in [0.2, 0.25) is 0 Å². The summed E-state index contributed by atoms with van der Waals surface area (Å²) >= 11 is 0. The highest BCUT2D eigenvalue weighted by Crippen LogP contribution is 2.20. The largest absolute Gasteiger partial charge is 0.369 e. The average Bonchev–Trinajstić information content (AvgIpc) is 2.41. The van der Waals surface area contributed by atoms with E-state index in [1.807, 2.05) is 26.0 Å². The van der Waals surface area contributed by atoms with E-state index < -0.39 is 0 Å². The molecule has 0 radical (unpaired) electrons. The fourth-order valence-electron chi connectivity index (χ4n) is 2.63. The molecule has 1 aromatic carbocycles. The minimum atomic E-state index is -0.164. The maximum absolute atomic E-state index is 12.9. The van der Waals surface area contributed by atoms with Crippen molar-refractivity contribution in [3.8, 4) is 0 Å². The van der Waals surface area contributed by atoms with Gasteiger partial charge in [-0.25, -0.2) is 4.39 Å². The van der Waals surface area contributed by atoms with Crippen LogP contribution in [0.25, 0.3) is 0 Å². The molecule has 0 saturated carbocycles. The minimum absolute atomic E-state index is 0.164. The smallest absolute Gasteiger partial charge is 0.123 e. The van der Waals surface area contributed by atoms with Crippen molar-refractivity contribution in [2.45, 2.75) is 46.7 Å². The summed E-state index contributed by atoms with van der Waals surface area (Å²) < 4.78 is 12.9. The Morgan fingerprint density at radius 1 is 1.11 bits per heavy atom. The highest BCUT2D eigenvalue weighted by atomic mass is 19.1. The van der Waals surface area contributed by atoms with Gasteiger partial charge in [0.05, 0.1) is 0 Å². The molecule has 19 heavy (non-hydrogen) atoms. The standard InChI is InChI=1S/C14H21FN2.C2H6/c1-11(2)17-9-8-16(10-12(17)3)14-6-4-13(15)5-7-14;1-2/h4-7,11-12H,8-10H2,1-3H3;1-2H3. The van der Waals surface area contributed by atoms with Crippen molar-refractivity contribution >= 4 is 5.69 Å². The van der Waals surface area contributed by atoms with Crippen molar-refractivity contribution in [2.75, 3.05) is 24.5 Å². The second-order valence-corrected chi connectivity index (χ2v) is 5.10. The van der Waals surface area contributed by atoms with Gasteiger partial charge in [0.1, 0.15) is 5.82 Å². The molecule has 1 aliphatic rings. The second kappa shape index (κ2) is 7.49. The summed E-state index contributed by atoms with van der Waals surface area (Å²) in [6.45, 7) is 13.9. The fraction of sp³-hybridized carbons (Fsp3) is 0.625. The molecule has 1 aromatic rings. The minimum Gasteiger partial charge on any atom is -0.369 e. The van der Waals surface area contributed by atoms with Gasteiger partial charge in [0.25, 0.3) is 0 Å². The summed E-state index contributed by atoms with van der Waals surface area (Å²) in [7, 11) is 0. The Labute approximate surface area is 117 Å². The third kappa shape index (κ3) is 4.20. The monoisotopic (exact) mass is 266 g/mol. The zero-order valence-corrected chi connectivity index (χ0v) is 12.9. The molecule has 1 aliphatic heterocycles. The maximum atomic E-state index is 12.9. The van der Waals surface area contributed by atoms with Crippen LogP contribution in [0.3, 0.4) is 0 Å². The molecular weight excluding hydrogens is 239 g/mol. The van der Waals surface area contributed by atoms with Gasteiger partial charge in [-0.05, 0) is 45.0 Å². The van der Waals surface area contributed by atoms with Crippen LogP contribution in [0.4, 0.5) is 10.1 Å². The predicted molar refractivity (Wildman–Crippen MR) is 81.3 cm³/mol. The van der Waals surface area contributed by atoms with Gasteiger partial charge in [-0.2, -0.15) is 0 Å². The van der Waals surface area contributed by atoms with Crippen molar-refractivity contribution in [3.05, 3.63) is 30.1 Å². The van der Waals surface area contributed by atoms with Crippen molar-refractivity contribution in [2.24, 2.45) is 0 Å². The molecule has 0 aliphatic carbocycles. The highest BCUT2D eigenvalue weighted by molar-refractivity contribution is 5.46. The molecule has 0 N–H and O–H groups in total. The lowest BCUT2D eigenvalue weighted by atomic mass is 10.1. The number of hydrogen-bond acceptors (Lipinski definition) is 2. The molecule has 0 bridgehead atoms. The van der Waals surface area contributed by atoms with E-state index in [1.165, 1.54) is 12.1 Å². The first-order chi connectivity index (χ1) is 9.08. The molecule has 3 heteroatoms. The molecule has 0 amide bonds. The number of nitrogens with zero attached hydrogens (tertiary/aromatic N) is 2. The molecule has 1 fully saturated rings. The summed E-state index contributed by atoms with van der Waals surface area (Å²) in [5, 5.41) is 0. The summed E-state index contributed by atoms with van der Waals surface area (Å²) in [4.78, 5) is 4.85. The molecule has 2 rings (SSSR count). The first kappa shape index (κ1) is 16.0. The zero-order chi connectivity index (χ0) is 14.4. The molecule has 1 saturated heterocycles. The van der Waals surface area contributed by atoms with E-state index in [0.29, 0.717) is 12.1 Å². The van der Waals surface area contributed by atoms with Gasteiger partial charge in [0, 0.05) is 37.4 Å². The molecule has 1 unspecified atom stereocenters. The molecule has 2 nitrogen and oxygen atoms in total. The lowest BCUT2D eigenvalue weighted by molar-refractivity contribution is 0.148. The fourth-order valence-corrected chi connectivity index (χ4v) is 2.63. The zero-order valence-electron chi connectivity index (χ0n) is 12.9. The van der Waals surface area contributed by atoms with Crippen LogP contribution in [0.5, 0.6) is 0 Å². The Morgan fingerprint density at radius 2 is 1.68 bits per heavy atom. The number of benzene rings is 1. The summed E-state index contributed by atoms with van der Waals surface area (Å²) in [5.41, 5.74) is 1.13. The molecule has 0 spiro atoms. The van der Waals surface area contributed by atoms with Crippen LogP contribution in [0.15, 0.2) is 24.3 Å². The molecule has 1 heterocycles. The van der Waals surface area contributed by atoms with E-state index in [9.17, 15) is 4.39 Å². The number of anilines is 1. The maximum Gasteiger partial charge on any atom is 0.123 e. The van der Waals surface area contributed by atoms with Gasteiger partial charge in [-0.1, -0.05) is 13.8 Å². The molecule has 108 valence electrons. The van der Waals surface area contributed by atoms with Gasteiger partial charge in [0.2, 0.25) is 0 Å². The van der Waals surface area contributed by atoms with Crippen LogP contribution >= 0.6 is 0 Å². The molecule has 1 atom stereocenters. The normalized spacial score (nSPS) is 20.2. The SMILES string of the molecule is CC.CC(C)N1CCN(c2ccc(F)cc2)CC1C. The van der Waals surface area contributed by atoms with E-state index >= 15 is 0 Å². The van der Waals surface area contributed by atoms with Gasteiger partial charge in [0.15, 0.2) is 0 Å². The van der Waals surface area contributed by atoms with Crippen LogP contribution in [0.1, 0.15) is 34.6 Å². The van der Waals surface area contributed by atoms with E-state index in [4.69, 9.17) is 0 Å². The van der Waals surface area contributed by atoms with E-state index in [1.54, 1.807) is 0 Å². The van der Waals surface area contributed by atoms with Gasteiger partial charge < -0.3 is 4.90 Å². The van der Waals surface area contributed by atoms with E-state index in [0.717, 1.165) is 25.3 Å². The first-order valence-corrected chi connectivity index (χ1v) is 7.34. The Kier molecular flexibility index (Phi) is 6.29. The van der Waals surface area contributed by atoms with Crippen LogP contribution in [-0.2, 0) is 0 Å². The summed E-state index contributed by atoms with van der Waals surface area (Å²) in [6, 6.07) is 7.96. The Morgan fingerprint density at radius 3 is 2.16 bits per heavy atom. The van der Waals surface area contributed by atoms with Crippen LogP contribution in [0, 0.1) is 5.82 Å². The first-order valence-electron chi connectivity index (χ1n) is 7.34. The third-order valence-corrected chi connectivity index (χ3v) is 3.53. The lowest BCUT2D eigenvalue weighted by Gasteiger charge is -2.43. The molecular formula is C16H27FN2. The van der Waals surface area contributed by atoms with Gasteiger partial charge in [-0.15, -0.1) is 0 Å². The van der Waals surface area contributed by atoms with Crippen molar-refractivity contribution in [1.29, 1.82) is 0 Å². The van der Waals surface area contributed by atoms with Crippen molar-refractivity contribution in [3.63, 3.8) is 0 Å². The van der Waals surface area contributed by atoms with Crippen LogP contribution < -0.4 is 4.90 Å². The number of rotatable bonds is 2. The van der Waals surface area contributed by atoms with Crippen molar-refractivity contribution < 1.29 is 4.39 Å². The predicted octanol–water partition coefficient (Wildman–Crippen LogP) is 3.77. The van der Waals surface area contributed by atoms with Crippen molar-refractivity contribution in [1.82, 2.24) is 4.90 Å². The lowest BCUT2D eigenvalue weighted by Crippen LogP contribution is -2.54. The Bertz CT molecular complexity index is 362. The van der Waals surface area contributed by atoms with E-state index in [2.05, 4.69) is 30.6 Å².